The van der Waals surface area contributed by atoms with Crippen LogP contribution in [-0.4, -0.2) is 60.4 Å². The molecule has 0 aromatic heterocycles. The van der Waals surface area contributed by atoms with Crippen molar-refractivity contribution in [3.8, 4) is 0 Å². The number of halogens is 2. The Hall–Kier alpha value is -1.34. The Morgan fingerprint density at radius 1 is 1.25 bits per heavy atom. The summed E-state index contributed by atoms with van der Waals surface area (Å²) in [5.41, 5.74) is 7.10. The second-order valence-electron chi connectivity index (χ2n) is 7.51. The van der Waals surface area contributed by atoms with Gasteiger partial charge in [-0.15, -0.1) is 24.8 Å². The van der Waals surface area contributed by atoms with Crippen molar-refractivity contribution in [1.29, 1.82) is 0 Å². The van der Waals surface area contributed by atoms with E-state index in [1.54, 1.807) is 4.90 Å². The van der Waals surface area contributed by atoms with E-state index >= 15 is 0 Å². The molecule has 1 unspecified atom stereocenters. The molecule has 6 nitrogen and oxygen atoms in total. The van der Waals surface area contributed by atoms with E-state index in [2.05, 4.69) is 34.5 Å². The van der Waals surface area contributed by atoms with Crippen molar-refractivity contribution in [2.45, 2.75) is 45.3 Å². The number of likely N-dealkylation sites (N-methyl/N-ethyl adjacent to an activating group) is 1. The van der Waals surface area contributed by atoms with Gasteiger partial charge in [-0.3, -0.25) is 14.5 Å². The highest BCUT2D eigenvalue weighted by atomic mass is 35.5. The molecule has 1 aliphatic heterocycles. The van der Waals surface area contributed by atoms with Gasteiger partial charge >= 0.3 is 0 Å². The molecule has 1 fully saturated rings. The first-order valence-corrected chi connectivity index (χ1v) is 9.43. The summed E-state index contributed by atoms with van der Waals surface area (Å²) in [4.78, 5) is 28.5. The predicted molar refractivity (Wildman–Crippen MR) is 118 cm³/mol. The molecular weight excluding hydrogens is 399 g/mol. The lowest BCUT2D eigenvalue weighted by molar-refractivity contribution is -0.134. The van der Waals surface area contributed by atoms with E-state index in [1.165, 1.54) is 5.56 Å². The zero-order valence-electron chi connectivity index (χ0n) is 17.0. The second-order valence-corrected chi connectivity index (χ2v) is 7.51. The van der Waals surface area contributed by atoms with Crippen molar-refractivity contribution in [3.63, 3.8) is 0 Å². The third kappa shape index (κ3) is 7.95. The van der Waals surface area contributed by atoms with Crippen LogP contribution in [0, 0.1) is 5.92 Å². The van der Waals surface area contributed by atoms with Crippen LogP contribution in [0.1, 0.15) is 32.3 Å². The minimum Gasteiger partial charge on any atom is -0.346 e. The molecule has 1 aromatic rings. The molecule has 1 heterocycles. The topological polar surface area (TPSA) is 78.7 Å². The summed E-state index contributed by atoms with van der Waals surface area (Å²) in [6, 6.07) is 9.99. The van der Waals surface area contributed by atoms with Crippen molar-refractivity contribution in [2.24, 2.45) is 11.7 Å². The molecule has 0 aliphatic carbocycles. The Kier molecular flexibility index (Phi) is 12.4. The van der Waals surface area contributed by atoms with Crippen molar-refractivity contribution in [3.05, 3.63) is 35.9 Å². The lowest BCUT2D eigenvalue weighted by atomic mass is 10.0. The summed E-state index contributed by atoms with van der Waals surface area (Å²) in [5, 5.41) is 2.67. The monoisotopic (exact) mass is 432 g/mol. The van der Waals surface area contributed by atoms with Gasteiger partial charge in [-0.25, -0.2) is 0 Å². The average molecular weight is 433 g/mol. The quantitative estimate of drug-likeness (QED) is 0.690. The van der Waals surface area contributed by atoms with E-state index < -0.39 is 6.04 Å². The van der Waals surface area contributed by atoms with Gasteiger partial charge in [0.05, 0.1) is 12.6 Å². The normalized spacial score (nSPS) is 17.8. The molecule has 0 radical (unpaired) electrons. The summed E-state index contributed by atoms with van der Waals surface area (Å²) in [5.74, 6) is -0.287. The fraction of sp³-hybridized carbons (Fsp3) is 0.600. The number of nitrogens with two attached hydrogens (primary N) is 1. The molecule has 2 amide bonds. The number of rotatable bonds is 7. The van der Waals surface area contributed by atoms with Gasteiger partial charge in [-0.05, 0) is 30.9 Å². The summed E-state index contributed by atoms with van der Waals surface area (Å²) in [6.45, 7) is 6.59. The van der Waals surface area contributed by atoms with Crippen LogP contribution in [-0.2, 0) is 16.1 Å². The molecule has 2 atom stereocenters. The summed E-state index contributed by atoms with van der Waals surface area (Å²) in [7, 11) is 1.83. The van der Waals surface area contributed by atoms with Crippen LogP contribution in [0.15, 0.2) is 30.3 Å². The molecule has 28 heavy (non-hydrogen) atoms. The number of piperidine rings is 1. The maximum atomic E-state index is 12.5. The predicted octanol–water partition coefficient (Wildman–Crippen LogP) is 2.05. The van der Waals surface area contributed by atoms with Crippen molar-refractivity contribution >= 4 is 36.6 Å². The van der Waals surface area contributed by atoms with Crippen molar-refractivity contribution < 1.29 is 9.59 Å². The van der Waals surface area contributed by atoms with Gasteiger partial charge in [-0.1, -0.05) is 44.2 Å². The van der Waals surface area contributed by atoms with Gasteiger partial charge in [-0.2, -0.15) is 0 Å². The fourth-order valence-electron chi connectivity index (χ4n) is 3.24. The van der Waals surface area contributed by atoms with Crippen LogP contribution in [0.4, 0.5) is 0 Å². The van der Waals surface area contributed by atoms with E-state index in [0.29, 0.717) is 0 Å². The average Bonchev–Trinajstić information content (AvgIpc) is 2.65. The first kappa shape index (κ1) is 26.7. The Bertz CT molecular complexity index is 601. The molecule has 8 heteroatoms. The lowest BCUT2D eigenvalue weighted by Gasteiger charge is -2.37. The molecule has 0 saturated carbocycles. The van der Waals surface area contributed by atoms with Gasteiger partial charge in [0.25, 0.3) is 0 Å². The third-order valence-electron chi connectivity index (χ3n) is 5.11. The van der Waals surface area contributed by atoms with Crippen LogP contribution in [0.25, 0.3) is 0 Å². The maximum Gasteiger partial charge on any atom is 0.242 e. The van der Waals surface area contributed by atoms with Crippen LogP contribution in [0.5, 0.6) is 0 Å². The van der Waals surface area contributed by atoms with E-state index in [0.717, 1.165) is 32.5 Å². The van der Waals surface area contributed by atoms with E-state index in [9.17, 15) is 9.59 Å². The maximum absolute atomic E-state index is 12.5. The smallest absolute Gasteiger partial charge is 0.242 e. The van der Waals surface area contributed by atoms with Crippen molar-refractivity contribution in [1.82, 2.24) is 15.1 Å². The number of nitrogens with zero attached hydrogens (tertiary/aromatic N) is 2. The largest absolute Gasteiger partial charge is 0.346 e. The third-order valence-corrected chi connectivity index (χ3v) is 5.11. The molecule has 0 spiro atoms. The number of hydrogen-bond acceptors (Lipinski definition) is 4. The zero-order chi connectivity index (χ0) is 19.1. The van der Waals surface area contributed by atoms with Crippen LogP contribution in [0.2, 0.25) is 0 Å². The Morgan fingerprint density at radius 3 is 2.50 bits per heavy atom. The van der Waals surface area contributed by atoms with Gasteiger partial charge in [0.2, 0.25) is 11.8 Å². The number of hydrogen-bond donors (Lipinski definition) is 2. The highest BCUT2D eigenvalue weighted by molar-refractivity contribution is 5.87. The van der Waals surface area contributed by atoms with E-state index in [1.807, 2.05) is 27.0 Å². The SMILES string of the molecule is CC(C)[C@H](N)C(=O)NCC(=O)N(C)C1CCCN(Cc2ccccc2)C1.Cl.Cl. The van der Waals surface area contributed by atoms with Gasteiger partial charge in [0.15, 0.2) is 0 Å². The first-order chi connectivity index (χ1) is 12.4. The molecule has 0 bridgehead atoms. The van der Waals surface area contributed by atoms with Gasteiger partial charge < -0.3 is 16.0 Å². The summed E-state index contributed by atoms with van der Waals surface area (Å²) in [6.07, 6.45) is 2.06. The van der Waals surface area contributed by atoms with Crippen molar-refractivity contribution in [2.75, 3.05) is 26.7 Å². The number of carbonyl (C=O) groups is 2. The number of carbonyl (C=O) groups excluding carboxylic acids is 2. The molecule has 2 rings (SSSR count). The van der Waals surface area contributed by atoms with Crippen LogP contribution < -0.4 is 11.1 Å². The Morgan fingerprint density at radius 2 is 1.89 bits per heavy atom. The highest BCUT2D eigenvalue weighted by Crippen LogP contribution is 2.17. The molecular formula is C20H34Cl2N4O2. The minimum absolute atomic E-state index is 0. The fourth-order valence-corrected chi connectivity index (χ4v) is 3.24. The molecule has 1 saturated heterocycles. The van der Waals surface area contributed by atoms with E-state index in [4.69, 9.17) is 5.73 Å². The Balaban J connectivity index is 0.00000364. The molecule has 1 aromatic carbocycles. The highest BCUT2D eigenvalue weighted by Gasteiger charge is 2.26. The second kappa shape index (κ2) is 13.0. The van der Waals surface area contributed by atoms with Gasteiger partial charge in [0, 0.05) is 26.2 Å². The van der Waals surface area contributed by atoms with Crippen LogP contribution >= 0.6 is 24.8 Å². The standard InChI is InChI=1S/C20H32N4O2.2ClH/c1-15(2)19(21)20(26)22-12-18(25)23(3)17-10-7-11-24(14-17)13-16-8-5-4-6-9-16;;/h4-6,8-9,15,17,19H,7,10-14,21H2,1-3H3,(H,22,26);2*1H/t17?,19-;;/m0../s1. The first-order valence-electron chi connectivity index (χ1n) is 9.43. The molecule has 3 N–H and O–H groups in total. The summed E-state index contributed by atoms with van der Waals surface area (Å²) < 4.78 is 0. The summed E-state index contributed by atoms with van der Waals surface area (Å²) >= 11 is 0. The minimum atomic E-state index is -0.579. The molecule has 1 aliphatic rings. The lowest BCUT2D eigenvalue weighted by Crippen LogP contribution is -2.52. The Labute approximate surface area is 181 Å². The zero-order valence-corrected chi connectivity index (χ0v) is 18.6. The number of likely N-dealkylation sites (tertiary alicyclic amines) is 1. The number of benzene rings is 1. The number of amides is 2. The number of nitrogens with one attached hydrogen (secondary N) is 1. The molecule has 160 valence electrons. The van der Waals surface area contributed by atoms with Gasteiger partial charge in [0.1, 0.15) is 0 Å². The van der Waals surface area contributed by atoms with E-state index in [-0.39, 0.29) is 55.1 Å². The van der Waals surface area contributed by atoms with Crippen LogP contribution in [0.3, 0.4) is 0 Å².